The highest BCUT2D eigenvalue weighted by Gasteiger charge is 2.40. The number of benzene rings is 4. The number of aromatic hydroxyl groups is 1. The Balaban J connectivity index is 1.41. The highest BCUT2D eigenvalue weighted by molar-refractivity contribution is 6.07. The van der Waals surface area contributed by atoms with E-state index in [9.17, 15) is 9.90 Å². The molecule has 0 radical (unpaired) electrons. The first-order valence-electron chi connectivity index (χ1n) is 11.7. The number of aryl methyl sites for hydroxylation is 1. The molecule has 2 aliphatic rings. The van der Waals surface area contributed by atoms with Gasteiger partial charge in [0.2, 0.25) is 5.91 Å². The Labute approximate surface area is 199 Å². The third kappa shape index (κ3) is 3.43. The predicted octanol–water partition coefficient (Wildman–Crippen LogP) is 6.06. The van der Waals surface area contributed by atoms with Crippen molar-refractivity contribution >= 4 is 11.6 Å². The lowest BCUT2D eigenvalue weighted by molar-refractivity contribution is -0.118. The van der Waals surface area contributed by atoms with Crippen molar-refractivity contribution < 1.29 is 14.6 Å². The number of fused-ring (bicyclic) bond motifs is 2. The number of nitrogens with zero attached hydrogens (tertiary/aromatic N) is 1. The summed E-state index contributed by atoms with van der Waals surface area (Å²) in [6, 6.07) is 30.0. The van der Waals surface area contributed by atoms with Crippen LogP contribution in [0.1, 0.15) is 34.6 Å². The van der Waals surface area contributed by atoms with Gasteiger partial charge in [0.1, 0.15) is 11.5 Å². The molecule has 2 heterocycles. The molecule has 4 aromatic carbocycles. The van der Waals surface area contributed by atoms with E-state index >= 15 is 0 Å². The number of ether oxygens (including phenoxy) is 1. The SMILES string of the molecule is O=C1C(c2cc3c(cc2O)CCCO3)c2ccccc2N1Cc1ccccc1-c1ccccc1. The van der Waals surface area contributed by atoms with Crippen LogP contribution < -0.4 is 9.64 Å². The Morgan fingerprint density at radius 2 is 1.65 bits per heavy atom. The van der Waals surface area contributed by atoms with Gasteiger partial charge in [-0.1, -0.05) is 72.8 Å². The molecule has 2 aliphatic heterocycles. The van der Waals surface area contributed by atoms with E-state index in [4.69, 9.17) is 4.74 Å². The average molecular weight is 448 g/mol. The van der Waals surface area contributed by atoms with E-state index in [1.165, 1.54) is 0 Å². The molecule has 4 heteroatoms. The maximum Gasteiger partial charge on any atom is 0.239 e. The van der Waals surface area contributed by atoms with Crippen molar-refractivity contribution in [2.75, 3.05) is 11.5 Å². The highest BCUT2D eigenvalue weighted by Crippen LogP contribution is 2.46. The lowest BCUT2D eigenvalue weighted by Gasteiger charge is -2.22. The van der Waals surface area contributed by atoms with Crippen LogP contribution in [-0.4, -0.2) is 17.6 Å². The lowest BCUT2D eigenvalue weighted by atomic mass is 9.90. The predicted molar refractivity (Wildman–Crippen MR) is 133 cm³/mol. The number of phenols is 1. The fourth-order valence-corrected chi connectivity index (χ4v) is 5.21. The van der Waals surface area contributed by atoms with Gasteiger partial charge in [-0.2, -0.15) is 0 Å². The molecule has 0 aliphatic carbocycles. The molecular weight excluding hydrogens is 422 g/mol. The molecule has 34 heavy (non-hydrogen) atoms. The lowest BCUT2D eigenvalue weighted by Crippen LogP contribution is -2.29. The van der Waals surface area contributed by atoms with Crippen LogP contribution in [0, 0.1) is 0 Å². The van der Waals surface area contributed by atoms with E-state index in [1.54, 1.807) is 6.07 Å². The van der Waals surface area contributed by atoms with Crippen molar-refractivity contribution in [3.63, 3.8) is 0 Å². The fourth-order valence-electron chi connectivity index (χ4n) is 5.21. The summed E-state index contributed by atoms with van der Waals surface area (Å²) in [7, 11) is 0. The minimum atomic E-state index is -0.559. The Bertz CT molecular complexity index is 1380. The molecular formula is C30H25NO3. The van der Waals surface area contributed by atoms with Crippen LogP contribution in [0.3, 0.4) is 0 Å². The maximum atomic E-state index is 13.9. The van der Waals surface area contributed by atoms with Crippen molar-refractivity contribution in [1.82, 2.24) is 0 Å². The minimum Gasteiger partial charge on any atom is -0.508 e. The Morgan fingerprint density at radius 1 is 0.882 bits per heavy atom. The van der Waals surface area contributed by atoms with Crippen LogP contribution in [0.25, 0.3) is 11.1 Å². The minimum absolute atomic E-state index is 0.0323. The maximum absolute atomic E-state index is 13.9. The van der Waals surface area contributed by atoms with Gasteiger partial charge in [-0.3, -0.25) is 4.79 Å². The summed E-state index contributed by atoms with van der Waals surface area (Å²) >= 11 is 0. The second-order valence-corrected chi connectivity index (χ2v) is 8.91. The number of hydrogen-bond donors (Lipinski definition) is 1. The Morgan fingerprint density at radius 3 is 2.53 bits per heavy atom. The van der Waals surface area contributed by atoms with E-state index in [0.29, 0.717) is 18.7 Å². The van der Waals surface area contributed by atoms with Crippen molar-refractivity contribution in [3.05, 3.63) is 113 Å². The third-order valence-electron chi connectivity index (χ3n) is 6.85. The van der Waals surface area contributed by atoms with Gasteiger partial charge in [-0.25, -0.2) is 0 Å². The molecule has 0 bridgehead atoms. The van der Waals surface area contributed by atoms with Crippen molar-refractivity contribution in [1.29, 1.82) is 0 Å². The van der Waals surface area contributed by atoms with E-state index in [-0.39, 0.29) is 11.7 Å². The molecule has 0 fully saturated rings. The zero-order valence-electron chi connectivity index (χ0n) is 18.8. The quantitative estimate of drug-likeness (QED) is 0.414. The molecule has 6 rings (SSSR count). The highest BCUT2D eigenvalue weighted by atomic mass is 16.5. The number of hydrogen-bond acceptors (Lipinski definition) is 3. The van der Waals surface area contributed by atoms with Crippen LogP contribution in [0.2, 0.25) is 0 Å². The molecule has 1 atom stereocenters. The summed E-state index contributed by atoms with van der Waals surface area (Å²) in [6.07, 6.45) is 1.81. The monoisotopic (exact) mass is 447 g/mol. The number of phenolic OH excluding ortho intramolecular Hbond substituents is 1. The van der Waals surface area contributed by atoms with Gasteiger partial charge in [-0.05, 0) is 58.9 Å². The summed E-state index contributed by atoms with van der Waals surface area (Å²) in [6.45, 7) is 1.12. The second kappa shape index (κ2) is 8.38. The van der Waals surface area contributed by atoms with Gasteiger partial charge in [0.15, 0.2) is 0 Å². The summed E-state index contributed by atoms with van der Waals surface area (Å²) in [5, 5.41) is 10.9. The Kier molecular flexibility index (Phi) is 5.06. The summed E-state index contributed by atoms with van der Waals surface area (Å²) in [4.78, 5) is 15.8. The van der Waals surface area contributed by atoms with Crippen LogP contribution in [0.5, 0.6) is 11.5 Å². The van der Waals surface area contributed by atoms with Crippen LogP contribution in [-0.2, 0) is 17.8 Å². The van der Waals surface area contributed by atoms with Gasteiger partial charge in [-0.15, -0.1) is 0 Å². The molecule has 1 amide bonds. The normalized spacial score (nSPS) is 16.6. The summed E-state index contributed by atoms with van der Waals surface area (Å²) in [5.41, 5.74) is 6.72. The average Bonchev–Trinajstić information content (AvgIpc) is 3.15. The van der Waals surface area contributed by atoms with Gasteiger partial charge in [0, 0.05) is 11.3 Å². The number of carbonyl (C=O) groups excluding carboxylic acids is 1. The summed E-state index contributed by atoms with van der Waals surface area (Å²) < 4.78 is 5.85. The molecule has 0 saturated carbocycles. The molecule has 0 spiro atoms. The van der Waals surface area contributed by atoms with Crippen LogP contribution >= 0.6 is 0 Å². The molecule has 1 N–H and O–H groups in total. The largest absolute Gasteiger partial charge is 0.508 e. The molecule has 4 aromatic rings. The first-order chi connectivity index (χ1) is 16.7. The van der Waals surface area contributed by atoms with Crippen molar-refractivity contribution in [3.8, 4) is 22.6 Å². The zero-order valence-corrected chi connectivity index (χ0v) is 18.8. The standard InChI is InChI=1S/C30H25NO3/c32-27-17-21-12-8-16-34-28(21)18-25(27)29-24-14-6-7-15-26(24)31(30(29)33)19-22-11-4-5-13-23(22)20-9-2-1-3-10-20/h1-7,9-11,13-15,17-18,29,32H,8,12,16,19H2. The molecule has 0 aromatic heterocycles. The van der Waals surface area contributed by atoms with Gasteiger partial charge >= 0.3 is 0 Å². The molecule has 4 nitrogen and oxygen atoms in total. The van der Waals surface area contributed by atoms with Gasteiger partial charge in [0.25, 0.3) is 0 Å². The number of para-hydroxylation sites is 1. The number of carbonyl (C=O) groups is 1. The van der Waals surface area contributed by atoms with E-state index in [0.717, 1.165) is 52.1 Å². The fraction of sp³-hybridized carbons (Fsp3) is 0.167. The number of anilines is 1. The van der Waals surface area contributed by atoms with E-state index in [1.807, 2.05) is 65.6 Å². The molecule has 0 saturated heterocycles. The topological polar surface area (TPSA) is 49.8 Å². The summed E-state index contributed by atoms with van der Waals surface area (Å²) in [5.74, 6) is 0.340. The van der Waals surface area contributed by atoms with Crippen LogP contribution in [0.15, 0.2) is 91.0 Å². The van der Waals surface area contributed by atoms with E-state index < -0.39 is 5.92 Å². The smallest absolute Gasteiger partial charge is 0.239 e. The van der Waals surface area contributed by atoms with E-state index in [2.05, 4.69) is 24.3 Å². The number of rotatable bonds is 4. The zero-order chi connectivity index (χ0) is 23.1. The van der Waals surface area contributed by atoms with Crippen molar-refractivity contribution in [2.24, 2.45) is 0 Å². The first-order valence-corrected chi connectivity index (χ1v) is 11.7. The Hall–Kier alpha value is -4.05. The molecule has 168 valence electrons. The number of amides is 1. The van der Waals surface area contributed by atoms with Gasteiger partial charge in [0.05, 0.1) is 19.1 Å². The first kappa shape index (κ1) is 20.5. The van der Waals surface area contributed by atoms with Gasteiger partial charge < -0.3 is 14.7 Å². The third-order valence-corrected chi connectivity index (χ3v) is 6.85. The van der Waals surface area contributed by atoms with Crippen molar-refractivity contribution in [2.45, 2.75) is 25.3 Å². The van der Waals surface area contributed by atoms with Crippen LogP contribution in [0.4, 0.5) is 5.69 Å². The molecule has 1 unspecified atom stereocenters. The second-order valence-electron chi connectivity index (χ2n) is 8.91.